The Kier molecular flexibility index (Phi) is 4.84. The molecule has 2 aromatic heterocycles. The number of carboxylic acid groups (broad SMARTS) is 1. The van der Waals surface area contributed by atoms with Gasteiger partial charge in [-0.25, -0.2) is 4.79 Å². The third-order valence-electron chi connectivity index (χ3n) is 2.79. The monoisotopic (exact) mass is 302 g/mol. The molecular weight excluding hydrogens is 288 g/mol. The molecule has 1 atom stereocenters. The first-order valence-corrected chi connectivity index (χ1v) is 7.16. The summed E-state index contributed by atoms with van der Waals surface area (Å²) in [7, 11) is 0. The Morgan fingerprint density at radius 1 is 1.38 bits per heavy atom. The van der Waals surface area contributed by atoms with Crippen molar-refractivity contribution in [1.29, 1.82) is 0 Å². The van der Waals surface area contributed by atoms with Gasteiger partial charge in [0.25, 0.3) is 5.91 Å². The third kappa shape index (κ3) is 4.00. The number of carboxylic acids is 1. The van der Waals surface area contributed by atoms with Gasteiger partial charge in [0, 0.05) is 12.3 Å². The molecule has 0 aromatic carbocycles. The molecule has 2 N–H and O–H groups in total. The van der Waals surface area contributed by atoms with Gasteiger partial charge in [-0.15, -0.1) is 11.3 Å². The van der Waals surface area contributed by atoms with Crippen LogP contribution in [-0.4, -0.2) is 22.0 Å². The van der Waals surface area contributed by atoms with Gasteiger partial charge < -0.3 is 10.4 Å². The molecule has 5 nitrogen and oxygen atoms in total. The summed E-state index contributed by atoms with van der Waals surface area (Å²) < 4.78 is 0. The summed E-state index contributed by atoms with van der Waals surface area (Å²) in [6.07, 6.45) is 4.10. The summed E-state index contributed by atoms with van der Waals surface area (Å²) in [6.45, 7) is 1.85. The number of rotatable bonds is 5. The Morgan fingerprint density at radius 2 is 2.19 bits per heavy atom. The van der Waals surface area contributed by atoms with Crippen molar-refractivity contribution in [3.63, 3.8) is 0 Å². The van der Waals surface area contributed by atoms with E-state index in [2.05, 4.69) is 10.3 Å². The van der Waals surface area contributed by atoms with Crippen molar-refractivity contribution in [3.05, 3.63) is 58.1 Å². The van der Waals surface area contributed by atoms with Crippen LogP contribution in [0.1, 0.15) is 33.9 Å². The van der Waals surface area contributed by atoms with Crippen molar-refractivity contribution in [2.75, 3.05) is 0 Å². The molecule has 2 rings (SSSR count). The van der Waals surface area contributed by atoms with Crippen molar-refractivity contribution < 1.29 is 14.7 Å². The standard InChI is InChI=1S/C15H14N2O3S/c1-10(12-4-2-3-8-16-12)17-15(20)14-11(7-9-21-14)5-6-13(18)19/h2-10H,1H3,(H,17,20)(H,18,19). The highest BCUT2D eigenvalue weighted by molar-refractivity contribution is 7.12. The molecule has 0 saturated carbocycles. The summed E-state index contributed by atoms with van der Waals surface area (Å²) in [4.78, 5) is 27.5. The Bertz CT molecular complexity index is 665. The highest BCUT2D eigenvalue weighted by Gasteiger charge is 2.15. The van der Waals surface area contributed by atoms with Gasteiger partial charge in [0.05, 0.1) is 16.6 Å². The highest BCUT2D eigenvalue weighted by atomic mass is 32.1. The van der Waals surface area contributed by atoms with Gasteiger partial charge in [0.1, 0.15) is 0 Å². The number of aromatic nitrogens is 1. The molecule has 0 aliphatic carbocycles. The molecule has 0 fully saturated rings. The van der Waals surface area contributed by atoms with Crippen molar-refractivity contribution in [2.45, 2.75) is 13.0 Å². The van der Waals surface area contributed by atoms with Gasteiger partial charge in [-0.2, -0.15) is 0 Å². The molecule has 0 saturated heterocycles. The molecule has 2 heterocycles. The normalized spacial score (nSPS) is 12.2. The average molecular weight is 302 g/mol. The molecule has 108 valence electrons. The maximum absolute atomic E-state index is 12.2. The van der Waals surface area contributed by atoms with Crippen LogP contribution in [0.5, 0.6) is 0 Å². The molecule has 0 spiro atoms. The third-order valence-corrected chi connectivity index (χ3v) is 3.72. The van der Waals surface area contributed by atoms with Crippen molar-refractivity contribution in [1.82, 2.24) is 10.3 Å². The number of nitrogens with zero attached hydrogens (tertiary/aromatic N) is 1. The molecular formula is C15H14N2O3S. The second kappa shape index (κ2) is 6.81. The van der Waals surface area contributed by atoms with E-state index in [1.165, 1.54) is 17.4 Å². The fourth-order valence-electron chi connectivity index (χ4n) is 1.76. The van der Waals surface area contributed by atoms with Crippen LogP contribution in [0, 0.1) is 0 Å². The molecule has 21 heavy (non-hydrogen) atoms. The SMILES string of the molecule is CC(NC(=O)c1sccc1C=CC(=O)O)c1ccccn1. The average Bonchev–Trinajstić information content (AvgIpc) is 2.94. The minimum Gasteiger partial charge on any atom is -0.478 e. The number of carbonyl (C=O) groups is 2. The molecule has 0 radical (unpaired) electrons. The zero-order valence-electron chi connectivity index (χ0n) is 11.3. The van der Waals surface area contributed by atoms with E-state index in [0.717, 1.165) is 11.8 Å². The molecule has 1 amide bonds. The number of hydrogen-bond donors (Lipinski definition) is 2. The first-order valence-electron chi connectivity index (χ1n) is 6.28. The summed E-state index contributed by atoms with van der Waals surface area (Å²) in [5, 5.41) is 13.2. The molecule has 6 heteroatoms. The quantitative estimate of drug-likeness (QED) is 0.832. The van der Waals surface area contributed by atoms with Crippen LogP contribution in [0.4, 0.5) is 0 Å². The zero-order chi connectivity index (χ0) is 15.2. The number of amides is 1. The van der Waals surface area contributed by atoms with E-state index in [-0.39, 0.29) is 11.9 Å². The lowest BCUT2D eigenvalue weighted by Crippen LogP contribution is -2.26. The van der Waals surface area contributed by atoms with E-state index >= 15 is 0 Å². The van der Waals surface area contributed by atoms with Crippen LogP contribution >= 0.6 is 11.3 Å². The maximum atomic E-state index is 12.2. The number of nitrogens with one attached hydrogen (secondary N) is 1. The summed E-state index contributed by atoms with van der Waals surface area (Å²) >= 11 is 1.27. The van der Waals surface area contributed by atoms with E-state index < -0.39 is 5.97 Å². The van der Waals surface area contributed by atoms with Crippen LogP contribution in [0.3, 0.4) is 0 Å². The predicted molar refractivity (Wildman–Crippen MR) is 81.1 cm³/mol. The van der Waals surface area contributed by atoms with E-state index in [4.69, 9.17) is 5.11 Å². The fraction of sp³-hybridized carbons (Fsp3) is 0.133. The number of pyridine rings is 1. The van der Waals surface area contributed by atoms with Crippen molar-refractivity contribution in [2.24, 2.45) is 0 Å². The summed E-state index contributed by atoms with van der Waals surface area (Å²) in [5.74, 6) is -1.29. The second-order valence-electron chi connectivity index (χ2n) is 4.33. The number of hydrogen-bond acceptors (Lipinski definition) is 4. The van der Waals surface area contributed by atoms with Crippen molar-refractivity contribution in [3.8, 4) is 0 Å². The minimum atomic E-state index is -1.05. The van der Waals surface area contributed by atoms with Crippen LogP contribution < -0.4 is 5.32 Å². The van der Waals surface area contributed by atoms with Crippen LogP contribution in [0.15, 0.2) is 41.9 Å². The van der Waals surface area contributed by atoms with E-state index in [1.54, 1.807) is 17.6 Å². The Morgan fingerprint density at radius 3 is 2.86 bits per heavy atom. The first-order chi connectivity index (χ1) is 10.1. The van der Waals surface area contributed by atoms with Gasteiger partial charge in [-0.3, -0.25) is 9.78 Å². The highest BCUT2D eigenvalue weighted by Crippen LogP contribution is 2.19. The molecule has 2 aromatic rings. The molecule has 0 bridgehead atoms. The lowest BCUT2D eigenvalue weighted by Gasteiger charge is -2.12. The lowest BCUT2D eigenvalue weighted by atomic mass is 10.2. The lowest BCUT2D eigenvalue weighted by molar-refractivity contribution is -0.131. The smallest absolute Gasteiger partial charge is 0.328 e. The summed E-state index contributed by atoms with van der Waals surface area (Å²) in [6, 6.07) is 7.00. The van der Waals surface area contributed by atoms with E-state index in [9.17, 15) is 9.59 Å². The Hall–Kier alpha value is -2.47. The van der Waals surface area contributed by atoms with Gasteiger partial charge in [0.15, 0.2) is 0 Å². The van der Waals surface area contributed by atoms with Gasteiger partial charge in [-0.05, 0) is 42.1 Å². The number of carbonyl (C=O) groups excluding carboxylic acids is 1. The maximum Gasteiger partial charge on any atom is 0.328 e. The van der Waals surface area contributed by atoms with E-state index in [1.807, 2.05) is 25.1 Å². The minimum absolute atomic E-state index is 0.225. The predicted octanol–water partition coefficient (Wildman–Crippen LogP) is 2.73. The number of aliphatic carboxylic acids is 1. The second-order valence-corrected chi connectivity index (χ2v) is 5.24. The van der Waals surface area contributed by atoms with Crippen molar-refractivity contribution >= 4 is 29.3 Å². The Balaban J connectivity index is 2.11. The van der Waals surface area contributed by atoms with Gasteiger partial charge in [-0.1, -0.05) is 6.07 Å². The van der Waals surface area contributed by atoms with Gasteiger partial charge in [0.2, 0.25) is 0 Å². The Labute approximate surface area is 126 Å². The molecule has 0 aliphatic rings. The zero-order valence-corrected chi connectivity index (χ0v) is 12.1. The van der Waals surface area contributed by atoms with Crippen LogP contribution in [-0.2, 0) is 4.79 Å². The fourth-order valence-corrected chi connectivity index (χ4v) is 2.55. The summed E-state index contributed by atoms with van der Waals surface area (Å²) in [5.41, 5.74) is 1.36. The topological polar surface area (TPSA) is 79.3 Å². The van der Waals surface area contributed by atoms with Crippen LogP contribution in [0.25, 0.3) is 6.08 Å². The van der Waals surface area contributed by atoms with E-state index in [0.29, 0.717) is 10.4 Å². The van der Waals surface area contributed by atoms with Crippen LogP contribution in [0.2, 0.25) is 0 Å². The number of thiophene rings is 1. The molecule has 0 aliphatic heterocycles. The largest absolute Gasteiger partial charge is 0.478 e. The first kappa shape index (κ1) is 14.9. The molecule has 1 unspecified atom stereocenters. The van der Waals surface area contributed by atoms with Gasteiger partial charge >= 0.3 is 5.97 Å².